The van der Waals surface area contributed by atoms with Gasteiger partial charge < -0.3 is 9.84 Å². The van der Waals surface area contributed by atoms with Gasteiger partial charge in [-0.25, -0.2) is 8.42 Å². The molecule has 1 saturated heterocycles. The van der Waals surface area contributed by atoms with Crippen LogP contribution in [-0.2, 0) is 9.84 Å². The summed E-state index contributed by atoms with van der Waals surface area (Å²) < 4.78 is 27.8. The van der Waals surface area contributed by atoms with E-state index in [0.29, 0.717) is 24.6 Å². The van der Waals surface area contributed by atoms with Crippen molar-refractivity contribution in [2.75, 3.05) is 18.6 Å². The number of sulfone groups is 1. The minimum Gasteiger partial charge on any atom is -0.339 e. The molecule has 0 spiro atoms. The second-order valence-corrected chi connectivity index (χ2v) is 6.73. The summed E-state index contributed by atoms with van der Waals surface area (Å²) in [6, 6.07) is 0.0415. The molecule has 0 radical (unpaired) electrons. The van der Waals surface area contributed by atoms with Crippen molar-refractivity contribution in [3.05, 3.63) is 11.7 Å². The highest BCUT2D eigenvalue weighted by atomic mass is 32.2. The van der Waals surface area contributed by atoms with Crippen LogP contribution < -0.4 is 5.32 Å². The highest BCUT2D eigenvalue weighted by molar-refractivity contribution is 7.91. The van der Waals surface area contributed by atoms with E-state index in [-0.39, 0.29) is 23.5 Å². The predicted molar refractivity (Wildman–Crippen MR) is 62.4 cm³/mol. The van der Waals surface area contributed by atoms with Crippen LogP contribution >= 0.6 is 0 Å². The van der Waals surface area contributed by atoms with Gasteiger partial charge in [-0.15, -0.1) is 0 Å². The maximum Gasteiger partial charge on any atom is 0.229 e. The molecular weight excluding hydrogens is 242 g/mol. The molecule has 0 bridgehead atoms. The zero-order valence-corrected chi connectivity index (χ0v) is 10.8. The molecule has 1 aromatic heterocycles. The van der Waals surface area contributed by atoms with E-state index < -0.39 is 9.84 Å². The molecule has 7 heteroatoms. The summed E-state index contributed by atoms with van der Waals surface area (Å²) in [6.45, 7) is 1.94. The first-order chi connectivity index (χ1) is 8.02. The zero-order valence-electron chi connectivity index (χ0n) is 10.0. The van der Waals surface area contributed by atoms with Gasteiger partial charge in [0.15, 0.2) is 5.82 Å². The summed E-state index contributed by atoms with van der Waals surface area (Å²) in [7, 11) is -1.01. The summed E-state index contributed by atoms with van der Waals surface area (Å²) >= 11 is 0. The van der Waals surface area contributed by atoms with Crippen molar-refractivity contribution in [3.63, 3.8) is 0 Å². The molecule has 1 aliphatic rings. The lowest BCUT2D eigenvalue weighted by Crippen LogP contribution is -2.22. The van der Waals surface area contributed by atoms with E-state index in [9.17, 15) is 8.42 Å². The van der Waals surface area contributed by atoms with Gasteiger partial charge in [0, 0.05) is 5.92 Å². The Morgan fingerprint density at radius 2 is 2.06 bits per heavy atom. The molecule has 2 heterocycles. The van der Waals surface area contributed by atoms with Crippen LogP contribution in [0, 0.1) is 0 Å². The number of hydrogen-bond acceptors (Lipinski definition) is 6. The molecule has 0 aliphatic carbocycles. The molecular formula is C10H17N3O3S. The van der Waals surface area contributed by atoms with E-state index in [2.05, 4.69) is 15.5 Å². The van der Waals surface area contributed by atoms with Crippen molar-refractivity contribution < 1.29 is 12.9 Å². The molecule has 1 aliphatic heterocycles. The summed E-state index contributed by atoms with van der Waals surface area (Å²) in [4.78, 5) is 4.32. The average molecular weight is 259 g/mol. The summed E-state index contributed by atoms with van der Waals surface area (Å²) in [5.41, 5.74) is 0. The van der Waals surface area contributed by atoms with Gasteiger partial charge in [-0.05, 0) is 26.8 Å². The van der Waals surface area contributed by atoms with Crippen LogP contribution in [-0.4, -0.2) is 37.1 Å². The predicted octanol–water partition coefficient (Wildman–Crippen LogP) is 0.642. The first-order valence-corrected chi connectivity index (χ1v) is 7.55. The Kier molecular flexibility index (Phi) is 3.48. The Morgan fingerprint density at radius 1 is 1.41 bits per heavy atom. The second-order valence-electron chi connectivity index (χ2n) is 4.43. The highest BCUT2D eigenvalue weighted by Crippen LogP contribution is 2.28. The molecule has 0 aromatic carbocycles. The van der Waals surface area contributed by atoms with Gasteiger partial charge in [0.05, 0.1) is 17.5 Å². The molecule has 1 unspecified atom stereocenters. The lowest BCUT2D eigenvalue weighted by atomic mass is 10.0. The fraction of sp³-hybridized carbons (Fsp3) is 0.800. The van der Waals surface area contributed by atoms with Gasteiger partial charge >= 0.3 is 0 Å². The third-order valence-electron chi connectivity index (χ3n) is 3.18. The Balaban J connectivity index is 2.06. The Bertz CT molecular complexity index is 469. The third-order valence-corrected chi connectivity index (χ3v) is 4.90. The van der Waals surface area contributed by atoms with Crippen molar-refractivity contribution in [3.8, 4) is 0 Å². The molecule has 1 N–H and O–H groups in total. The van der Waals surface area contributed by atoms with Gasteiger partial charge in [0.25, 0.3) is 0 Å². The van der Waals surface area contributed by atoms with Crippen molar-refractivity contribution in [1.29, 1.82) is 0 Å². The summed E-state index contributed by atoms with van der Waals surface area (Å²) in [5.74, 6) is 1.71. The topological polar surface area (TPSA) is 85.1 Å². The molecule has 1 fully saturated rings. The van der Waals surface area contributed by atoms with E-state index in [4.69, 9.17) is 4.52 Å². The molecule has 0 saturated carbocycles. The van der Waals surface area contributed by atoms with Gasteiger partial charge in [-0.1, -0.05) is 5.16 Å². The monoisotopic (exact) mass is 259 g/mol. The fourth-order valence-corrected chi connectivity index (χ4v) is 3.35. The number of rotatable bonds is 3. The first-order valence-electron chi connectivity index (χ1n) is 5.73. The number of aromatic nitrogens is 2. The van der Waals surface area contributed by atoms with Gasteiger partial charge in [-0.2, -0.15) is 4.98 Å². The average Bonchev–Trinajstić information content (AvgIpc) is 2.77. The van der Waals surface area contributed by atoms with Crippen LogP contribution in [0.1, 0.15) is 43.4 Å². The van der Waals surface area contributed by atoms with Gasteiger partial charge in [-0.3, -0.25) is 0 Å². The van der Waals surface area contributed by atoms with Crippen LogP contribution in [0.4, 0.5) is 0 Å². The number of nitrogens with zero attached hydrogens (tertiary/aromatic N) is 2. The largest absolute Gasteiger partial charge is 0.339 e. The molecule has 1 aromatic rings. The number of hydrogen-bond donors (Lipinski definition) is 1. The van der Waals surface area contributed by atoms with E-state index in [0.717, 1.165) is 0 Å². The normalized spacial score (nSPS) is 22.5. The molecule has 1 atom stereocenters. The van der Waals surface area contributed by atoms with Crippen LogP contribution in [0.3, 0.4) is 0 Å². The summed E-state index contributed by atoms with van der Waals surface area (Å²) in [6.07, 6.45) is 1.16. The van der Waals surface area contributed by atoms with Gasteiger partial charge in [0.2, 0.25) is 5.89 Å². The lowest BCUT2D eigenvalue weighted by molar-refractivity contribution is 0.337. The minimum absolute atomic E-state index is 0.0415. The van der Waals surface area contributed by atoms with E-state index in [1.807, 2.05) is 14.0 Å². The number of nitrogens with one attached hydrogen (secondary N) is 1. The van der Waals surface area contributed by atoms with E-state index >= 15 is 0 Å². The third kappa shape index (κ3) is 2.84. The molecule has 17 heavy (non-hydrogen) atoms. The minimum atomic E-state index is -2.84. The first kappa shape index (κ1) is 12.5. The van der Waals surface area contributed by atoms with Crippen molar-refractivity contribution in [2.45, 2.75) is 31.7 Å². The van der Waals surface area contributed by atoms with Crippen molar-refractivity contribution in [1.82, 2.24) is 15.5 Å². The second kappa shape index (κ2) is 4.73. The summed E-state index contributed by atoms with van der Waals surface area (Å²) in [5, 5.41) is 6.93. The fourth-order valence-electron chi connectivity index (χ4n) is 1.86. The molecule has 0 amide bonds. The smallest absolute Gasteiger partial charge is 0.229 e. The maximum absolute atomic E-state index is 11.3. The van der Waals surface area contributed by atoms with Gasteiger partial charge in [0.1, 0.15) is 9.84 Å². The SMILES string of the molecule is CNC(C)c1noc(C2CCS(=O)(=O)CC2)n1. The van der Waals surface area contributed by atoms with Crippen LogP contribution in [0.25, 0.3) is 0 Å². The Labute approximate surface area is 101 Å². The van der Waals surface area contributed by atoms with E-state index in [1.54, 1.807) is 0 Å². The Hall–Kier alpha value is -0.950. The van der Waals surface area contributed by atoms with Crippen molar-refractivity contribution in [2.24, 2.45) is 0 Å². The van der Waals surface area contributed by atoms with Crippen LogP contribution in [0.15, 0.2) is 4.52 Å². The molecule has 2 rings (SSSR count). The maximum atomic E-state index is 11.3. The molecule has 96 valence electrons. The van der Waals surface area contributed by atoms with Crippen LogP contribution in [0.5, 0.6) is 0 Å². The highest BCUT2D eigenvalue weighted by Gasteiger charge is 2.28. The van der Waals surface area contributed by atoms with E-state index in [1.165, 1.54) is 0 Å². The zero-order chi connectivity index (χ0) is 12.5. The molecule has 6 nitrogen and oxygen atoms in total. The quantitative estimate of drug-likeness (QED) is 0.857. The lowest BCUT2D eigenvalue weighted by Gasteiger charge is -2.17. The Morgan fingerprint density at radius 3 is 2.65 bits per heavy atom. The standard InChI is InChI=1S/C10H17N3O3S/c1-7(11-2)9-12-10(16-13-9)8-3-5-17(14,15)6-4-8/h7-8,11H,3-6H2,1-2H3. The van der Waals surface area contributed by atoms with Crippen molar-refractivity contribution >= 4 is 9.84 Å². The van der Waals surface area contributed by atoms with Crippen LogP contribution in [0.2, 0.25) is 0 Å².